The molecular weight excluding hydrogens is 266 g/mol. The molecule has 5 nitrogen and oxygen atoms in total. The number of halogens is 2. The third-order valence-corrected chi connectivity index (χ3v) is 3.17. The first-order valence-corrected chi connectivity index (χ1v) is 5.87. The van der Waals surface area contributed by atoms with Crippen molar-refractivity contribution in [1.82, 2.24) is 14.8 Å². The van der Waals surface area contributed by atoms with Crippen LogP contribution in [0.15, 0.2) is 30.9 Å². The molecule has 0 amide bonds. The molecule has 20 heavy (non-hydrogen) atoms. The molecule has 0 aliphatic carbocycles. The summed E-state index contributed by atoms with van der Waals surface area (Å²) in [5.41, 5.74) is -2.18. The van der Waals surface area contributed by atoms with Crippen molar-refractivity contribution in [3.05, 3.63) is 48.1 Å². The summed E-state index contributed by atoms with van der Waals surface area (Å²) in [7, 11) is 0. The lowest BCUT2D eigenvalue weighted by Gasteiger charge is -2.31. The highest BCUT2D eigenvalue weighted by Gasteiger charge is 2.39. The van der Waals surface area contributed by atoms with E-state index in [0.717, 1.165) is 18.2 Å². The van der Waals surface area contributed by atoms with E-state index in [2.05, 4.69) is 10.1 Å². The van der Waals surface area contributed by atoms with E-state index in [0.29, 0.717) is 0 Å². The van der Waals surface area contributed by atoms with Gasteiger partial charge in [-0.05, 0) is 25.1 Å². The van der Waals surface area contributed by atoms with E-state index >= 15 is 0 Å². The van der Waals surface area contributed by atoms with Gasteiger partial charge in [0, 0.05) is 5.56 Å². The largest absolute Gasteiger partial charge is 0.382 e. The van der Waals surface area contributed by atoms with Gasteiger partial charge in [-0.25, -0.2) is 18.4 Å². The lowest BCUT2D eigenvalue weighted by molar-refractivity contribution is -0.0199. The lowest BCUT2D eigenvalue weighted by Crippen LogP contribution is -2.38. The Kier molecular flexibility index (Phi) is 3.77. The third-order valence-electron chi connectivity index (χ3n) is 3.17. The molecule has 0 bridgehead atoms. The van der Waals surface area contributed by atoms with Gasteiger partial charge in [-0.2, -0.15) is 10.4 Å². The normalized spacial score (nSPS) is 15.3. The fraction of sp³-hybridized carbons (Fsp3) is 0.308. The molecule has 0 aliphatic rings. The summed E-state index contributed by atoms with van der Waals surface area (Å²) in [4.78, 5) is 3.72. The van der Waals surface area contributed by atoms with Crippen LogP contribution in [0.2, 0.25) is 0 Å². The molecule has 0 saturated carbocycles. The van der Waals surface area contributed by atoms with Gasteiger partial charge in [0.25, 0.3) is 0 Å². The van der Waals surface area contributed by atoms with Gasteiger partial charge in [0.05, 0.1) is 18.5 Å². The summed E-state index contributed by atoms with van der Waals surface area (Å²) < 4.78 is 28.5. The van der Waals surface area contributed by atoms with Crippen LogP contribution < -0.4 is 0 Å². The molecule has 2 aromatic rings. The number of benzene rings is 1. The molecule has 1 heterocycles. The number of hydrogen-bond donors (Lipinski definition) is 1. The van der Waals surface area contributed by atoms with Gasteiger partial charge in [-0.3, -0.25) is 0 Å². The van der Waals surface area contributed by atoms with Crippen LogP contribution in [0.4, 0.5) is 8.78 Å². The first-order valence-electron chi connectivity index (χ1n) is 5.87. The van der Waals surface area contributed by atoms with Gasteiger partial charge in [0.1, 0.15) is 29.9 Å². The predicted octanol–water partition coefficient (Wildman–Crippen LogP) is 1.60. The van der Waals surface area contributed by atoms with Crippen LogP contribution in [-0.2, 0) is 12.1 Å². The zero-order chi connectivity index (χ0) is 14.8. The quantitative estimate of drug-likeness (QED) is 0.921. The Hall–Kier alpha value is -2.33. The van der Waals surface area contributed by atoms with Crippen molar-refractivity contribution in [2.45, 2.75) is 19.1 Å². The molecule has 2 atom stereocenters. The fourth-order valence-corrected chi connectivity index (χ4v) is 1.95. The maximum Gasteiger partial charge on any atom is 0.137 e. The zero-order valence-corrected chi connectivity index (χ0v) is 10.7. The second-order valence-corrected chi connectivity index (χ2v) is 4.49. The van der Waals surface area contributed by atoms with Crippen molar-refractivity contribution >= 4 is 0 Å². The Morgan fingerprint density at radius 3 is 2.85 bits per heavy atom. The molecule has 1 aromatic heterocycles. The van der Waals surface area contributed by atoms with Crippen LogP contribution in [0.3, 0.4) is 0 Å². The molecule has 7 heteroatoms. The van der Waals surface area contributed by atoms with E-state index in [-0.39, 0.29) is 12.1 Å². The van der Waals surface area contributed by atoms with Crippen LogP contribution in [0.5, 0.6) is 0 Å². The summed E-state index contributed by atoms with van der Waals surface area (Å²) in [5, 5.41) is 23.6. The molecule has 0 fully saturated rings. The minimum Gasteiger partial charge on any atom is -0.382 e. The van der Waals surface area contributed by atoms with E-state index in [1.807, 2.05) is 6.07 Å². The molecule has 1 aromatic carbocycles. The molecule has 2 rings (SSSR count). The molecule has 1 N–H and O–H groups in total. The van der Waals surface area contributed by atoms with Gasteiger partial charge >= 0.3 is 0 Å². The predicted molar refractivity (Wildman–Crippen MR) is 65.1 cm³/mol. The monoisotopic (exact) mass is 278 g/mol. The van der Waals surface area contributed by atoms with Crippen LogP contribution in [0, 0.1) is 28.9 Å². The third kappa shape index (κ3) is 2.51. The molecule has 0 saturated heterocycles. The van der Waals surface area contributed by atoms with Gasteiger partial charge in [-0.1, -0.05) is 0 Å². The van der Waals surface area contributed by atoms with Crippen LogP contribution in [0.25, 0.3) is 0 Å². The van der Waals surface area contributed by atoms with E-state index in [4.69, 9.17) is 5.26 Å². The average Bonchev–Trinajstić information content (AvgIpc) is 2.93. The highest BCUT2D eigenvalue weighted by molar-refractivity contribution is 5.27. The maximum absolute atomic E-state index is 13.9. The topological polar surface area (TPSA) is 74.7 Å². The summed E-state index contributed by atoms with van der Waals surface area (Å²) in [5.74, 6) is -2.44. The molecule has 0 aliphatic heterocycles. The van der Waals surface area contributed by atoms with Crippen LogP contribution in [-0.4, -0.2) is 19.9 Å². The van der Waals surface area contributed by atoms with Crippen molar-refractivity contribution < 1.29 is 13.9 Å². The lowest BCUT2D eigenvalue weighted by atomic mass is 9.82. The minimum absolute atomic E-state index is 0.206. The van der Waals surface area contributed by atoms with Gasteiger partial charge < -0.3 is 5.11 Å². The van der Waals surface area contributed by atoms with Crippen molar-refractivity contribution in [3.63, 3.8) is 0 Å². The fourth-order valence-electron chi connectivity index (χ4n) is 1.95. The first-order chi connectivity index (χ1) is 9.47. The van der Waals surface area contributed by atoms with Crippen molar-refractivity contribution in [1.29, 1.82) is 5.26 Å². The molecule has 0 radical (unpaired) electrons. The zero-order valence-electron chi connectivity index (χ0n) is 10.7. The Bertz CT molecular complexity index is 638. The number of nitriles is 1. The van der Waals surface area contributed by atoms with Crippen molar-refractivity contribution in [3.8, 4) is 6.07 Å². The van der Waals surface area contributed by atoms with Gasteiger partial charge in [0.15, 0.2) is 0 Å². The van der Waals surface area contributed by atoms with E-state index in [1.54, 1.807) is 0 Å². The molecule has 1 unspecified atom stereocenters. The van der Waals surface area contributed by atoms with Crippen LogP contribution in [0.1, 0.15) is 12.5 Å². The SMILES string of the molecule is C[C@@H](C#N)C(O)(Cn1cncn1)c1cc(F)ccc1F. The van der Waals surface area contributed by atoms with Crippen LogP contribution >= 0.6 is 0 Å². The maximum atomic E-state index is 13.9. The van der Waals surface area contributed by atoms with Gasteiger partial charge in [-0.15, -0.1) is 0 Å². The summed E-state index contributed by atoms with van der Waals surface area (Å²) in [6.07, 6.45) is 2.58. The Morgan fingerprint density at radius 1 is 1.50 bits per heavy atom. The Labute approximate surface area is 114 Å². The summed E-state index contributed by atoms with van der Waals surface area (Å²) in [6.45, 7) is 1.23. The minimum atomic E-state index is -1.91. The molecule has 0 spiro atoms. The first kappa shape index (κ1) is 14.1. The number of nitrogens with zero attached hydrogens (tertiary/aromatic N) is 4. The van der Waals surface area contributed by atoms with E-state index < -0.39 is 23.2 Å². The smallest absolute Gasteiger partial charge is 0.137 e. The summed E-state index contributed by atoms with van der Waals surface area (Å²) in [6, 6.07) is 4.62. The number of rotatable bonds is 4. The van der Waals surface area contributed by atoms with E-state index in [1.165, 1.54) is 24.3 Å². The van der Waals surface area contributed by atoms with Gasteiger partial charge in [0.2, 0.25) is 0 Å². The molecular formula is C13H12F2N4O. The standard InChI is InChI=1S/C13H12F2N4O/c1-9(5-16)13(20,6-19-8-17-7-18-19)11-4-10(14)2-3-12(11)15/h2-4,7-9,20H,6H2,1H3/t9-,13?/m0/s1. The molecule has 104 valence electrons. The highest BCUT2D eigenvalue weighted by atomic mass is 19.1. The second-order valence-electron chi connectivity index (χ2n) is 4.49. The van der Waals surface area contributed by atoms with E-state index in [9.17, 15) is 13.9 Å². The Morgan fingerprint density at radius 2 is 2.25 bits per heavy atom. The van der Waals surface area contributed by atoms with Crippen molar-refractivity contribution in [2.24, 2.45) is 5.92 Å². The number of hydrogen-bond acceptors (Lipinski definition) is 4. The Balaban J connectivity index is 2.52. The average molecular weight is 278 g/mol. The highest BCUT2D eigenvalue weighted by Crippen LogP contribution is 2.33. The summed E-state index contributed by atoms with van der Waals surface area (Å²) >= 11 is 0. The number of aromatic nitrogens is 3. The second kappa shape index (κ2) is 5.35. The number of aliphatic hydroxyl groups is 1. The van der Waals surface area contributed by atoms with Crippen molar-refractivity contribution in [2.75, 3.05) is 0 Å².